The quantitative estimate of drug-likeness (QED) is 0.826. The first-order valence-corrected chi connectivity index (χ1v) is 6.40. The molecule has 1 atom stereocenters. The van der Waals surface area contributed by atoms with Crippen LogP contribution < -0.4 is 5.32 Å². The summed E-state index contributed by atoms with van der Waals surface area (Å²) in [6, 6.07) is 8.42. The van der Waals surface area contributed by atoms with Gasteiger partial charge in [0.15, 0.2) is 0 Å². The summed E-state index contributed by atoms with van der Waals surface area (Å²) in [5.74, 6) is -1.01. The van der Waals surface area contributed by atoms with Crippen LogP contribution in [-0.4, -0.2) is 34.6 Å². The molecule has 0 saturated heterocycles. The second-order valence-electron chi connectivity index (χ2n) is 4.25. The van der Waals surface area contributed by atoms with E-state index in [1.165, 1.54) is 0 Å². The normalized spacial score (nSPS) is 11.7. The number of nitrogens with zero attached hydrogens (tertiary/aromatic N) is 1. The molecule has 0 aliphatic heterocycles. The predicted octanol–water partition coefficient (Wildman–Crippen LogP) is 2.08. The number of rotatable bonds is 6. The molecule has 0 aromatic heterocycles. The first kappa shape index (κ1) is 15.0. The van der Waals surface area contributed by atoms with Crippen molar-refractivity contribution in [2.75, 3.05) is 6.54 Å². The van der Waals surface area contributed by atoms with Crippen LogP contribution in [0.4, 0.5) is 4.79 Å². The number of carbonyl (C=O) groups is 2. The Hall–Kier alpha value is -2.04. The summed E-state index contributed by atoms with van der Waals surface area (Å²) in [6.45, 7) is 4.59. The molecule has 104 valence electrons. The molecule has 5 heteroatoms. The van der Waals surface area contributed by atoms with Crippen LogP contribution in [0.3, 0.4) is 0 Å². The van der Waals surface area contributed by atoms with Crippen LogP contribution >= 0.6 is 0 Å². The van der Waals surface area contributed by atoms with E-state index < -0.39 is 12.0 Å². The summed E-state index contributed by atoms with van der Waals surface area (Å²) in [7, 11) is 0. The van der Waals surface area contributed by atoms with Gasteiger partial charge in [0.1, 0.15) is 6.04 Å². The molecule has 0 heterocycles. The largest absolute Gasteiger partial charge is 0.480 e. The molecule has 0 aliphatic carbocycles. The highest BCUT2D eigenvalue weighted by atomic mass is 16.4. The van der Waals surface area contributed by atoms with Gasteiger partial charge < -0.3 is 15.3 Å². The highest BCUT2D eigenvalue weighted by Gasteiger charge is 2.20. The van der Waals surface area contributed by atoms with E-state index in [1.807, 2.05) is 37.3 Å². The van der Waals surface area contributed by atoms with Gasteiger partial charge in [-0.25, -0.2) is 9.59 Å². The zero-order chi connectivity index (χ0) is 14.3. The molecule has 0 radical (unpaired) electrons. The fraction of sp³-hybridized carbons (Fsp3) is 0.429. The van der Waals surface area contributed by atoms with Crippen molar-refractivity contribution in [3.63, 3.8) is 0 Å². The fourth-order valence-corrected chi connectivity index (χ4v) is 1.71. The van der Waals surface area contributed by atoms with Crippen LogP contribution in [0, 0.1) is 0 Å². The Balaban J connectivity index is 2.64. The number of aliphatic carboxylic acids is 1. The lowest BCUT2D eigenvalue weighted by molar-refractivity contribution is -0.139. The summed E-state index contributed by atoms with van der Waals surface area (Å²) in [4.78, 5) is 24.5. The number of carboxylic acids is 1. The van der Waals surface area contributed by atoms with E-state index in [9.17, 15) is 9.59 Å². The second kappa shape index (κ2) is 7.41. The number of nitrogens with one attached hydrogen (secondary N) is 1. The molecular weight excluding hydrogens is 244 g/mol. The molecular formula is C14H20N2O3. The summed E-state index contributed by atoms with van der Waals surface area (Å²) >= 11 is 0. The van der Waals surface area contributed by atoms with E-state index in [-0.39, 0.29) is 6.03 Å². The number of amides is 2. The molecule has 19 heavy (non-hydrogen) atoms. The third kappa shape index (κ3) is 4.62. The number of benzene rings is 1. The van der Waals surface area contributed by atoms with Crippen LogP contribution in [0.1, 0.15) is 25.8 Å². The lowest BCUT2D eigenvalue weighted by Crippen LogP contribution is -2.47. The van der Waals surface area contributed by atoms with Crippen molar-refractivity contribution >= 4 is 12.0 Å². The lowest BCUT2D eigenvalue weighted by Gasteiger charge is -2.23. The number of carbonyl (C=O) groups excluding carboxylic acids is 1. The third-order valence-electron chi connectivity index (χ3n) is 2.89. The van der Waals surface area contributed by atoms with E-state index in [0.29, 0.717) is 19.5 Å². The van der Waals surface area contributed by atoms with E-state index in [2.05, 4.69) is 5.32 Å². The SMILES string of the molecule is CCC(NC(=O)N(CC)Cc1ccccc1)C(=O)O. The number of urea groups is 1. The Morgan fingerprint density at radius 1 is 1.26 bits per heavy atom. The molecule has 0 bridgehead atoms. The smallest absolute Gasteiger partial charge is 0.326 e. The van der Waals surface area contributed by atoms with E-state index in [0.717, 1.165) is 5.56 Å². The monoisotopic (exact) mass is 264 g/mol. The molecule has 5 nitrogen and oxygen atoms in total. The van der Waals surface area contributed by atoms with Crippen LogP contribution in [0.15, 0.2) is 30.3 Å². The molecule has 0 fully saturated rings. The Kier molecular flexibility index (Phi) is 5.85. The van der Waals surface area contributed by atoms with E-state index >= 15 is 0 Å². The summed E-state index contributed by atoms with van der Waals surface area (Å²) in [5.41, 5.74) is 1.02. The van der Waals surface area contributed by atoms with Crippen molar-refractivity contribution < 1.29 is 14.7 Å². The maximum Gasteiger partial charge on any atom is 0.326 e. The lowest BCUT2D eigenvalue weighted by atomic mass is 10.2. The van der Waals surface area contributed by atoms with Crippen molar-refractivity contribution in [2.45, 2.75) is 32.9 Å². The molecule has 1 aromatic rings. The third-order valence-corrected chi connectivity index (χ3v) is 2.89. The van der Waals surface area contributed by atoms with E-state index in [4.69, 9.17) is 5.11 Å². The van der Waals surface area contributed by atoms with Gasteiger partial charge in [-0.3, -0.25) is 0 Å². The summed E-state index contributed by atoms with van der Waals surface area (Å²) in [5, 5.41) is 11.5. The average Bonchev–Trinajstić information content (AvgIpc) is 2.42. The Labute approximate surface area is 113 Å². The van der Waals surface area contributed by atoms with Gasteiger partial charge in [-0.1, -0.05) is 37.3 Å². The van der Waals surface area contributed by atoms with Gasteiger partial charge in [-0.15, -0.1) is 0 Å². The van der Waals surface area contributed by atoms with Crippen molar-refractivity contribution in [3.05, 3.63) is 35.9 Å². The Bertz CT molecular complexity index is 420. The van der Waals surface area contributed by atoms with Gasteiger partial charge in [-0.2, -0.15) is 0 Å². The summed E-state index contributed by atoms with van der Waals surface area (Å²) in [6.07, 6.45) is 0.365. The van der Waals surface area contributed by atoms with Gasteiger partial charge >= 0.3 is 12.0 Å². The highest BCUT2D eigenvalue weighted by Crippen LogP contribution is 2.05. The number of hydrogen-bond acceptors (Lipinski definition) is 2. The van der Waals surface area contributed by atoms with Crippen LogP contribution in [0.5, 0.6) is 0 Å². The van der Waals surface area contributed by atoms with Crippen molar-refractivity contribution in [2.24, 2.45) is 0 Å². The maximum atomic E-state index is 12.0. The first-order valence-electron chi connectivity index (χ1n) is 6.40. The number of carboxylic acid groups (broad SMARTS) is 1. The van der Waals surface area contributed by atoms with Gasteiger partial charge in [0.05, 0.1) is 0 Å². The first-order chi connectivity index (χ1) is 9.08. The second-order valence-corrected chi connectivity index (χ2v) is 4.25. The number of hydrogen-bond donors (Lipinski definition) is 2. The fourth-order valence-electron chi connectivity index (χ4n) is 1.71. The molecule has 2 amide bonds. The molecule has 0 saturated carbocycles. The van der Waals surface area contributed by atoms with Gasteiger partial charge in [-0.05, 0) is 18.9 Å². The van der Waals surface area contributed by atoms with Crippen LogP contribution in [0.2, 0.25) is 0 Å². The molecule has 0 spiro atoms. The minimum absolute atomic E-state index is 0.347. The zero-order valence-corrected chi connectivity index (χ0v) is 11.3. The minimum Gasteiger partial charge on any atom is -0.480 e. The van der Waals surface area contributed by atoms with Crippen LogP contribution in [0.25, 0.3) is 0 Å². The van der Waals surface area contributed by atoms with Gasteiger partial charge in [0.2, 0.25) is 0 Å². The molecule has 0 aliphatic rings. The molecule has 2 N–H and O–H groups in total. The Morgan fingerprint density at radius 3 is 2.37 bits per heavy atom. The predicted molar refractivity (Wildman–Crippen MR) is 72.8 cm³/mol. The molecule has 1 unspecified atom stereocenters. The minimum atomic E-state index is -1.01. The maximum absolute atomic E-state index is 12.0. The summed E-state index contributed by atoms with van der Waals surface area (Å²) < 4.78 is 0. The molecule has 1 aromatic carbocycles. The van der Waals surface area contributed by atoms with Crippen LogP contribution in [-0.2, 0) is 11.3 Å². The highest BCUT2D eigenvalue weighted by molar-refractivity contribution is 5.82. The van der Waals surface area contributed by atoms with Crippen molar-refractivity contribution in [1.29, 1.82) is 0 Å². The topological polar surface area (TPSA) is 69.6 Å². The standard InChI is InChI=1S/C14H20N2O3/c1-3-12(13(17)18)15-14(19)16(4-2)10-11-8-6-5-7-9-11/h5-9,12H,3-4,10H2,1-2H3,(H,15,19)(H,17,18). The van der Waals surface area contributed by atoms with E-state index in [1.54, 1.807) is 11.8 Å². The molecule has 1 rings (SSSR count). The van der Waals surface area contributed by atoms with Gasteiger partial charge in [0, 0.05) is 13.1 Å². The van der Waals surface area contributed by atoms with Crippen molar-refractivity contribution in [1.82, 2.24) is 10.2 Å². The average molecular weight is 264 g/mol. The van der Waals surface area contributed by atoms with Gasteiger partial charge in [0.25, 0.3) is 0 Å². The van der Waals surface area contributed by atoms with Crippen molar-refractivity contribution in [3.8, 4) is 0 Å². The zero-order valence-electron chi connectivity index (χ0n) is 11.3. The Morgan fingerprint density at radius 2 is 1.89 bits per heavy atom.